The van der Waals surface area contributed by atoms with Gasteiger partial charge < -0.3 is 10.2 Å². The number of aliphatic hydroxyl groups excluding tert-OH is 1. The van der Waals surface area contributed by atoms with Crippen molar-refractivity contribution in [2.24, 2.45) is 0 Å². The Morgan fingerprint density at radius 2 is 1.88 bits per heavy atom. The van der Waals surface area contributed by atoms with Gasteiger partial charge in [0.2, 0.25) is 10.8 Å². The van der Waals surface area contributed by atoms with Gasteiger partial charge >= 0.3 is 0 Å². The van der Waals surface area contributed by atoms with Crippen LogP contribution < -0.4 is 0 Å². The zero-order valence-electron chi connectivity index (χ0n) is 14.7. The lowest BCUT2D eigenvalue weighted by Gasteiger charge is -2.39. The molecule has 0 aliphatic carbocycles. The average Bonchev–Trinajstić information content (AvgIpc) is 3.16. The normalized spacial score (nSPS) is 17.8. The number of rotatable bonds is 5. The molecular formula is C18H23N5O2S. The molecule has 1 saturated heterocycles. The van der Waals surface area contributed by atoms with Gasteiger partial charge in [0, 0.05) is 32.7 Å². The Bertz CT molecular complexity index is 870. The third kappa shape index (κ3) is 3.21. The van der Waals surface area contributed by atoms with Crippen LogP contribution in [0.3, 0.4) is 0 Å². The predicted molar refractivity (Wildman–Crippen MR) is 101 cm³/mol. The molecule has 8 heteroatoms. The van der Waals surface area contributed by atoms with Gasteiger partial charge in [0.05, 0.1) is 17.5 Å². The first-order chi connectivity index (χ1) is 12.7. The van der Waals surface area contributed by atoms with Crippen LogP contribution in [0.2, 0.25) is 0 Å². The minimum atomic E-state index is -0.0266. The van der Waals surface area contributed by atoms with Gasteiger partial charge in [0.25, 0.3) is 0 Å². The molecule has 138 valence electrons. The fourth-order valence-electron chi connectivity index (χ4n) is 3.58. The number of aryl methyl sites for hydroxylation is 1. The van der Waals surface area contributed by atoms with E-state index in [1.807, 2.05) is 25.1 Å². The number of fused-ring (bicyclic) bond motifs is 1. The number of thiazole rings is 1. The van der Waals surface area contributed by atoms with Crippen LogP contribution >= 0.6 is 11.3 Å². The number of benzene rings is 1. The van der Waals surface area contributed by atoms with Crippen molar-refractivity contribution < 1.29 is 10.2 Å². The van der Waals surface area contributed by atoms with Crippen molar-refractivity contribution in [2.45, 2.75) is 13.0 Å². The second-order valence-corrected chi connectivity index (χ2v) is 7.57. The number of nitrogens with zero attached hydrogens (tertiary/aromatic N) is 5. The van der Waals surface area contributed by atoms with Crippen LogP contribution in [0.1, 0.15) is 22.3 Å². The molecule has 3 aromatic rings. The zero-order chi connectivity index (χ0) is 18.1. The Hall–Kier alpha value is -2.00. The Morgan fingerprint density at radius 3 is 2.54 bits per heavy atom. The highest BCUT2D eigenvalue weighted by atomic mass is 32.1. The summed E-state index contributed by atoms with van der Waals surface area (Å²) in [6.07, 6.45) is 0. The van der Waals surface area contributed by atoms with Crippen molar-refractivity contribution in [1.82, 2.24) is 24.4 Å². The van der Waals surface area contributed by atoms with E-state index in [4.69, 9.17) is 5.11 Å². The molecule has 2 aromatic heterocycles. The quantitative estimate of drug-likeness (QED) is 0.706. The zero-order valence-corrected chi connectivity index (χ0v) is 15.6. The number of aliphatic hydroxyl groups is 1. The number of aromatic nitrogens is 3. The maximum absolute atomic E-state index is 10.8. The molecule has 3 heterocycles. The van der Waals surface area contributed by atoms with Crippen LogP contribution in [0, 0.1) is 6.92 Å². The van der Waals surface area contributed by atoms with Crippen molar-refractivity contribution >= 4 is 16.3 Å². The largest absolute Gasteiger partial charge is 0.492 e. The summed E-state index contributed by atoms with van der Waals surface area (Å²) in [4.78, 5) is 10.7. The van der Waals surface area contributed by atoms with E-state index in [-0.39, 0.29) is 18.5 Å². The number of hydrogen-bond donors (Lipinski definition) is 2. The third-order valence-electron chi connectivity index (χ3n) is 4.86. The maximum Gasteiger partial charge on any atom is 0.230 e. The van der Waals surface area contributed by atoms with Gasteiger partial charge in [-0.1, -0.05) is 41.7 Å². The molecule has 4 rings (SSSR count). The molecule has 2 N–H and O–H groups in total. The monoisotopic (exact) mass is 373 g/mol. The van der Waals surface area contributed by atoms with E-state index in [9.17, 15) is 5.11 Å². The SMILES string of the molecule is Cc1nc2sc([C@H](c3ccccc3)N3CCN(CCO)CC3)c(O)n2n1. The summed E-state index contributed by atoms with van der Waals surface area (Å²) in [6.45, 7) is 6.31. The maximum atomic E-state index is 10.8. The molecule has 1 atom stereocenters. The van der Waals surface area contributed by atoms with E-state index in [2.05, 4.69) is 32.0 Å². The van der Waals surface area contributed by atoms with E-state index in [1.165, 1.54) is 15.9 Å². The summed E-state index contributed by atoms with van der Waals surface area (Å²) in [5, 5.41) is 24.3. The summed E-state index contributed by atoms with van der Waals surface area (Å²) in [6, 6.07) is 10.2. The fourth-order valence-corrected chi connectivity index (χ4v) is 4.74. The van der Waals surface area contributed by atoms with E-state index >= 15 is 0 Å². The number of β-amino-alcohol motifs (C(OH)–C–C–N with tert-alkyl or cyclic N) is 1. The molecule has 1 aliphatic heterocycles. The highest BCUT2D eigenvalue weighted by Gasteiger charge is 2.31. The Labute approximate surface area is 156 Å². The number of aromatic hydroxyl groups is 1. The summed E-state index contributed by atoms with van der Waals surface area (Å²) >= 11 is 1.50. The lowest BCUT2D eigenvalue weighted by molar-refractivity contribution is 0.0945. The van der Waals surface area contributed by atoms with Gasteiger partial charge in [-0.2, -0.15) is 4.52 Å². The van der Waals surface area contributed by atoms with Crippen molar-refractivity contribution in [3.8, 4) is 5.88 Å². The Balaban J connectivity index is 1.69. The predicted octanol–water partition coefficient (Wildman–Crippen LogP) is 1.50. The van der Waals surface area contributed by atoms with E-state index < -0.39 is 0 Å². The van der Waals surface area contributed by atoms with Crippen LogP contribution in [-0.2, 0) is 0 Å². The summed E-state index contributed by atoms with van der Waals surface area (Å²) < 4.78 is 1.54. The topological polar surface area (TPSA) is 77.1 Å². The van der Waals surface area contributed by atoms with Crippen LogP contribution in [0.25, 0.3) is 4.96 Å². The number of piperazine rings is 1. The Kier molecular flexibility index (Phi) is 4.90. The van der Waals surface area contributed by atoms with Crippen LogP contribution in [0.15, 0.2) is 30.3 Å². The van der Waals surface area contributed by atoms with Crippen molar-refractivity contribution in [2.75, 3.05) is 39.3 Å². The van der Waals surface area contributed by atoms with E-state index in [0.717, 1.165) is 41.6 Å². The van der Waals surface area contributed by atoms with Gasteiger partial charge in [0.1, 0.15) is 5.82 Å². The Morgan fingerprint density at radius 1 is 1.15 bits per heavy atom. The summed E-state index contributed by atoms with van der Waals surface area (Å²) in [7, 11) is 0. The molecule has 0 radical (unpaired) electrons. The summed E-state index contributed by atoms with van der Waals surface area (Å²) in [5.74, 6) is 0.837. The van der Waals surface area contributed by atoms with Crippen molar-refractivity contribution in [3.63, 3.8) is 0 Å². The first kappa shape index (κ1) is 17.4. The van der Waals surface area contributed by atoms with E-state index in [0.29, 0.717) is 12.4 Å². The number of hydrogen-bond acceptors (Lipinski definition) is 7. The summed E-state index contributed by atoms with van der Waals surface area (Å²) in [5.41, 5.74) is 1.15. The van der Waals surface area contributed by atoms with Crippen LogP contribution in [0.5, 0.6) is 5.88 Å². The average molecular weight is 373 g/mol. The second-order valence-electron chi connectivity index (χ2n) is 6.56. The van der Waals surface area contributed by atoms with Crippen molar-refractivity contribution in [1.29, 1.82) is 0 Å². The molecule has 7 nitrogen and oxygen atoms in total. The minimum Gasteiger partial charge on any atom is -0.492 e. The molecule has 0 saturated carbocycles. The molecule has 0 bridgehead atoms. The molecular weight excluding hydrogens is 350 g/mol. The van der Waals surface area contributed by atoms with Gasteiger partial charge in [-0.05, 0) is 12.5 Å². The molecule has 1 aliphatic rings. The van der Waals surface area contributed by atoms with Gasteiger partial charge in [-0.15, -0.1) is 5.10 Å². The molecule has 1 aromatic carbocycles. The fraction of sp³-hybridized carbons (Fsp3) is 0.444. The first-order valence-corrected chi connectivity index (χ1v) is 9.66. The lowest BCUT2D eigenvalue weighted by Crippen LogP contribution is -2.48. The highest BCUT2D eigenvalue weighted by molar-refractivity contribution is 7.17. The van der Waals surface area contributed by atoms with Gasteiger partial charge in [-0.25, -0.2) is 4.98 Å². The van der Waals surface area contributed by atoms with Crippen molar-refractivity contribution in [3.05, 3.63) is 46.6 Å². The minimum absolute atomic E-state index is 0.0266. The third-order valence-corrected chi connectivity index (χ3v) is 5.93. The molecule has 0 amide bonds. The first-order valence-electron chi connectivity index (χ1n) is 8.84. The van der Waals surface area contributed by atoms with Crippen LogP contribution in [-0.4, -0.2) is 73.9 Å². The smallest absolute Gasteiger partial charge is 0.230 e. The second kappa shape index (κ2) is 7.32. The lowest BCUT2D eigenvalue weighted by atomic mass is 10.0. The standard InChI is InChI=1S/C18H23N5O2S/c1-13-19-18-23(20-13)17(25)16(26-18)15(14-5-3-2-4-6-14)22-9-7-21(8-10-22)11-12-24/h2-6,15,24-25H,7-12H2,1H3/t15-/m0/s1. The molecule has 0 spiro atoms. The highest BCUT2D eigenvalue weighted by Crippen LogP contribution is 2.40. The van der Waals surface area contributed by atoms with Gasteiger partial charge in [-0.3, -0.25) is 9.80 Å². The van der Waals surface area contributed by atoms with Crippen LogP contribution in [0.4, 0.5) is 0 Å². The molecule has 1 fully saturated rings. The molecule has 0 unspecified atom stereocenters. The van der Waals surface area contributed by atoms with E-state index in [1.54, 1.807) is 0 Å². The molecule has 26 heavy (non-hydrogen) atoms. The van der Waals surface area contributed by atoms with Gasteiger partial charge in [0.15, 0.2) is 0 Å².